The maximum Gasteiger partial charge on any atom is 0.274 e. The first-order valence-electron chi connectivity index (χ1n) is 10.7. The van der Waals surface area contributed by atoms with Crippen LogP contribution in [-0.2, 0) is 6.54 Å². The number of amides is 1. The van der Waals surface area contributed by atoms with Crippen molar-refractivity contribution in [2.45, 2.75) is 20.4 Å². The molecule has 0 radical (unpaired) electrons. The van der Waals surface area contributed by atoms with Crippen LogP contribution in [0.3, 0.4) is 0 Å². The van der Waals surface area contributed by atoms with Gasteiger partial charge in [0.1, 0.15) is 17.4 Å². The second-order valence-corrected chi connectivity index (χ2v) is 7.94. The van der Waals surface area contributed by atoms with E-state index < -0.39 is 17.5 Å². The average molecular weight is 475 g/mol. The number of ether oxygens (including phenoxy) is 1. The first kappa shape index (κ1) is 23.7. The third kappa shape index (κ3) is 5.24. The van der Waals surface area contributed by atoms with Gasteiger partial charge >= 0.3 is 0 Å². The molecule has 0 atom stereocenters. The van der Waals surface area contributed by atoms with Gasteiger partial charge in [0.05, 0.1) is 18.5 Å². The van der Waals surface area contributed by atoms with Crippen molar-refractivity contribution in [3.8, 4) is 28.3 Å². The number of rotatable bonds is 6. The molecular weight excluding hydrogens is 452 g/mol. The number of methoxy groups -OCH3 is 1. The number of carbonyl (C=O) groups is 1. The van der Waals surface area contributed by atoms with Crippen LogP contribution in [0, 0.1) is 25.5 Å². The van der Waals surface area contributed by atoms with E-state index in [0.717, 1.165) is 11.4 Å². The molecule has 7 nitrogen and oxygen atoms in total. The number of nitrogens with two attached hydrogens (primary N) is 1. The number of hydrogen-bond donors (Lipinski definition) is 2. The zero-order valence-electron chi connectivity index (χ0n) is 19.4. The SMILES string of the molecule is COc1ccc(F)cc1CNC(=O)c1nc(-c2cc(C)nc(C)c2)c(-c2ccc(F)cc2)nc1N. The van der Waals surface area contributed by atoms with Crippen LogP contribution in [-0.4, -0.2) is 28.0 Å². The predicted molar refractivity (Wildman–Crippen MR) is 129 cm³/mol. The maximum atomic E-state index is 13.7. The second kappa shape index (κ2) is 9.84. The van der Waals surface area contributed by atoms with Gasteiger partial charge in [-0.25, -0.2) is 18.7 Å². The number of nitrogens with zero attached hydrogens (tertiary/aromatic N) is 3. The standard InChI is InChI=1S/C26H23F2N5O2/c1-14-10-17(11-15(2)31-14)23-22(16-4-6-19(27)7-5-16)33-25(29)24(32-23)26(34)30-13-18-12-20(28)8-9-21(18)35-3/h4-12H,13H2,1-3H3,(H2,29,33)(H,30,34). The molecule has 2 heterocycles. The molecule has 3 N–H and O–H groups in total. The summed E-state index contributed by atoms with van der Waals surface area (Å²) in [6.07, 6.45) is 0. The topological polar surface area (TPSA) is 103 Å². The van der Waals surface area contributed by atoms with Gasteiger partial charge in [0, 0.05) is 34.6 Å². The molecule has 1 amide bonds. The summed E-state index contributed by atoms with van der Waals surface area (Å²) >= 11 is 0. The van der Waals surface area contributed by atoms with Gasteiger partial charge in [0.15, 0.2) is 11.5 Å². The monoisotopic (exact) mass is 475 g/mol. The number of pyridine rings is 1. The molecule has 0 fully saturated rings. The summed E-state index contributed by atoms with van der Waals surface area (Å²) < 4.78 is 32.5. The zero-order valence-corrected chi connectivity index (χ0v) is 19.4. The van der Waals surface area contributed by atoms with E-state index in [-0.39, 0.29) is 18.1 Å². The molecule has 2 aromatic carbocycles. The van der Waals surface area contributed by atoms with Crippen molar-refractivity contribution in [3.05, 3.63) is 88.9 Å². The molecule has 9 heteroatoms. The molecule has 0 saturated heterocycles. The molecule has 35 heavy (non-hydrogen) atoms. The molecule has 0 saturated carbocycles. The van der Waals surface area contributed by atoms with Crippen LogP contribution in [0.2, 0.25) is 0 Å². The van der Waals surface area contributed by atoms with Gasteiger partial charge in [-0.15, -0.1) is 0 Å². The fraction of sp³-hybridized carbons (Fsp3) is 0.154. The minimum atomic E-state index is -0.587. The van der Waals surface area contributed by atoms with E-state index in [1.54, 1.807) is 12.1 Å². The summed E-state index contributed by atoms with van der Waals surface area (Å²) in [5, 5.41) is 2.70. The lowest BCUT2D eigenvalue weighted by Crippen LogP contribution is -2.26. The van der Waals surface area contributed by atoms with Crippen LogP contribution >= 0.6 is 0 Å². The third-order valence-electron chi connectivity index (χ3n) is 5.29. The van der Waals surface area contributed by atoms with Gasteiger partial charge in [-0.2, -0.15) is 0 Å². The van der Waals surface area contributed by atoms with Crippen LogP contribution < -0.4 is 15.8 Å². The number of benzene rings is 2. The number of nitrogen functional groups attached to an aromatic ring is 1. The second-order valence-electron chi connectivity index (χ2n) is 7.94. The van der Waals surface area contributed by atoms with E-state index in [4.69, 9.17) is 10.5 Å². The first-order valence-corrected chi connectivity index (χ1v) is 10.7. The van der Waals surface area contributed by atoms with E-state index in [1.807, 2.05) is 26.0 Å². The highest BCUT2D eigenvalue weighted by Gasteiger charge is 2.21. The van der Waals surface area contributed by atoms with Crippen LogP contribution in [0.5, 0.6) is 5.75 Å². The molecule has 4 rings (SSSR count). The van der Waals surface area contributed by atoms with Gasteiger partial charge in [0.2, 0.25) is 0 Å². The minimum Gasteiger partial charge on any atom is -0.496 e. The molecule has 0 bridgehead atoms. The Hall–Kier alpha value is -4.40. The van der Waals surface area contributed by atoms with Crippen LogP contribution in [0.15, 0.2) is 54.6 Å². The molecular formula is C26H23F2N5O2. The molecule has 0 aliphatic carbocycles. The summed E-state index contributed by atoms with van der Waals surface area (Å²) in [5.74, 6) is -1.10. The number of anilines is 1. The molecule has 4 aromatic rings. The van der Waals surface area contributed by atoms with E-state index in [1.165, 1.54) is 37.4 Å². The highest BCUT2D eigenvalue weighted by atomic mass is 19.1. The van der Waals surface area contributed by atoms with Crippen molar-refractivity contribution >= 4 is 11.7 Å². The quantitative estimate of drug-likeness (QED) is 0.422. The third-order valence-corrected chi connectivity index (χ3v) is 5.29. The van der Waals surface area contributed by atoms with Crippen LogP contribution in [0.1, 0.15) is 27.4 Å². The van der Waals surface area contributed by atoms with Gasteiger partial charge < -0.3 is 15.8 Å². The summed E-state index contributed by atoms with van der Waals surface area (Å²) in [5.41, 5.74) is 10.1. The van der Waals surface area contributed by atoms with Crippen molar-refractivity contribution < 1.29 is 18.3 Å². The van der Waals surface area contributed by atoms with Crippen LogP contribution in [0.4, 0.5) is 14.6 Å². The Morgan fingerprint density at radius 1 is 0.886 bits per heavy atom. The van der Waals surface area contributed by atoms with Gasteiger partial charge in [-0.3, -0.25) is 9.78 Å². The molecule has 0 aliphatic heterocycles. The van der Waals surface area contributed by atoms with Gasteiger partial charge in [-0.05, 0) is 68.4 Å². The molecule has 0 unspecified atom stereocenters. The van der Waals surface area contributed by atoms with Crippen molar-refractivity contribution in [1.82, 2.24) is 20.3 Å². The Bertz CT molecular complexity index is 1390. The van der Waals surface area contributed by atoms with Crippen LogP contribution in [0.25, 0.3) is 22.5 Å². The van der Waals surface area contributed by atoms with Crippen molar-refractivity contribution in [1.29, 1.82) is 0 Å². The number of nitrogens with one attached hydrogen (secondary N) is 1. The lowest BCUT2D eigenvalue weighted by molar-refractivity contribution is 0.0946. The van der Waals surface area contributed by atoms with E-state index >= 15 is 0 Å². The van der Waals surface area contributed by atoms with Gasteiger partial charge in [0.25, 0.3) is 5.91 Å². The first-order chi connectivity index (χ1) is 16.7. The van der Waals surface area contributed by atoms with E-state index in [0.29, 0.717) is 33.8 Å². The highest BCUT2D eigenvalue weighted by molar-refractivity contribution is 5.98. The minimum absolute atomic E-state index is 0.0105. The molecule has 0 spiro atoms. The Morgan fingerprint density at radius 3 is 2.17 bits per heavy atom. The number of carbonyl (C=O) groups excluding carboxylic acids is 1. The number of aryl methyl sites for hydroxylation is 2. The summed E-state index contributed by atoms with van der Waals surface area (Å²) in [7, 11) is 1.46. The number of hydrogen-bond acceptors (Lipinski definition) is 6. The van der Waals surface area contributed by atoms with Crippen molar-refractivity contribution in [3.63, 3.8) is 0 Å². The van der Waals surface area contributed by atoms with Gasteiger partial charge in [-0.1, -0.05) is 0 Å². The number of aromatic nitrogens is 3. The fourth-order valence-corrected chi connectivity index (χ4v) is 3.74. The van der Waals surface area contributed by atoms with Crippen molar-refractivity contribution in [2.24, 2.45) is 0 Å². The Kier molecular flexibility index (Phi) is 6.68. The lowest BCUT2D eigenvalue weighted by Gasteiger charge is -2.14. The Labute approximate surface area is 201 Å². The largest absolute Gasteiger partial charge is 0.496 e. The normalized spacial score (nSPS) is 10.8. The zero-order chi connectivity index (χ0) is 25.1. The Morgan fingerprint density at radius 2 is 1.51 bits per heavy atom. The fourth-order valence-electron chi connectivity index (χ4n) is 3.74. The van der Waals surface area contributed by atoms with Crippen molar-refractivity contribution in [2.75, 3.05) is 12.8 Å². The maximum absolute atomic E-state index is 13.7. The van der Waals surface area contributed by atoms with E-state index in [9.17, 15) is 13.6 Å². The summed E-state index contributed by atoms with van der Waals surface area (Å²) in [4.78, 5) is 26.5. The van der Waals surface area contributed by atoms with E-state index in [2.05, 4.69) is 20.3 Å². The summed E-state index contributed by atoms with van der Waals surface area (Å²) in [6.45, 7) is 3.68. The predicted octanol–water partition coefficient (Wildman–Crippen LogP) is 4.62. The Balaban J connectivity index is 1.76. The smallest absolute Gasteiger partial charge is 0.274 e. The average Bonchev–Trinajstić information content (AvgIpc) is 2.82. The molecule has 178 valence electrons. The lowest BCUT2D eigenvalue weighted by atomic mass is 10.0. The highest BCUT2D eigenvalue weighted by Crippen LogP contribution is 2.31. The molecule has 0 aliphatic rings. The number of halogens is 2. The summed E-state index contributed by atoms with van der Waals surface area (Å²) in [6, 6.07) is 13.4. The molecule has 2 aromatic heterocycles.